The van der Waals surface area contributed by atoms with Crippen LogP contribution in [0.25, 0.3) is 0 Å². The van der Waals surface area contributed by atoms with Gasteiger partial charge in [-0.1, -0.05) is 12.8 Å². The van der Waals surface area contributed by atoms with Crippen molar-refractivity contribution in [2.75, 3.05) is 13.1 Å². The summed E-state index contributed by atoms with van der Waals surface area (Å²) in [7, 11) is -3.29. The molecule has 2 heterocycles. The van der Waals surface area contributed by atoms with Crippen molar-refractivity contribution >= 4 is 15.9 Å². The lowest BCUT2D eigenvalue weighted by Crippen LogP contribution is -2.60. The van der Waals surface area contributed by atoms with Crippen LogP contribution in [0.15, 0.2) is 24.5 Å². The highest BCUT2D eigenvalue weighted by molar-refractivity contribution is 7.90. The van der Waals surface area contributed by atoms with Crippen LogP contribution in [-0.2, 0) is 21.2 Å². The first-order valence-corrected chi connectivity index (χ1v) is 9.77. The molecule has 1 aliphatic carbocycles. The third-order valence-corrected chi connectivity index (χ3v) is 6.54. The first kappa shape index (κ1) is 16.4. The highest BCUT2D eigenvalue weighted by Crippen LogP contribution is 2.22. The Bertz CT molecular complexity index is 636. The summed E-state index contributed by atoms with van der Waals surface area (Å²) in [4.78, 5) is 17.7. The molecule has 7 heteroatoms. The minimum absolute atomic E-state index is 0.0223. The van der Waals surface area contributed by atoms with Crippen molar-refractivity contribution in [3.8, 4) is 0 Å². The van der Waals surface area contributed by atoms with E-state index in [-0.39, 0.29) is 11.9 Å². The molecule has 0 atom stereocenters. The van der Waals surface area contributed by atoms with E-state index in [2.05, 4.69) is 9.71 Å². The normalized spacial score (nSPS) is 19.7. The molecule has 0 radical (unpaired) electrons. The molecule has 1 amide bonds. The molecule has 6 nitrogen and oxygen atoms in total. The van der Waals surface area contributed by atoms with Gasteiger partial charge in [-0.2, -0.15) is 0 Å². The highest BCUT2D eigenvalue weighted by atomic mass is 32.2. The predicted molar refractivity (Wildman–Crippen MR) is 87.2 cm³/mol. The van der Waals surface area contributed by atoms with Crippen LogP contribution in [-0.4, -0.2) is 48.6 Å². The van der Waals surface area contributed by atoms with Crippen molar-refractivity contribution in [2.24, 2.45) is 0 Å². The number of nitrogens with zero attached hydrogens (tertiary/aromatic N) is 2. The van der Waals surface area contributed by atoms with Crippen LogP contribution in [0.1, 0.15) is 37.7 Å². The van der Waals surface area contributed by atoms with E-state index in [1.807, 2.05) is 12.1 Å². The largest absolute Gasteiger partial charge is 0.340 e. The summed E-state index contributed by atoms with van der Waals surface area (Å²) in [5.74, 6) is 0.0223. The van der Waals surface area contributed by atoms with Gasteiger partial charge >= 0.3 is 0 Å². The zero-order valence-electron chi connectivity index (χ0n) is 13.1. The molecular formula is C16H23N3O3S. The molecule has 23 heavy (non-hydrogen) atoms. The van der Waals surface area contributed by atoms with Crippen molar-refractivity contribution in [3.05, 3.63) is 30.1 Å². The lowest BCUT2D eigenvalue weighted by atomic mass is 10.1. The number of carbonyl (C=O) groups excluding carboxylic acids is 1. The average molecular weight is 337 g/mol. The zero-order chi connectivity index (χ0) is 16.3. The lowest BCUT2D eigenvalue weighted by Gasteiger charge is -2.39. The van der Waals surface area contributed by atoms with E-state index in [1.165, 1.54) is 0 Å². The Morgan fingerprint density at radius 3 is 2.52 bits per heavy atom. The molecule has 1 N–H and O–H groups in total. The van der Waals surface area contributed by atoms with E-state index < -0.39 is 15.3 Å². The number of aryl methyl sites for hydroxylation is 1. The lowest BCUT2D eigenvalue weighted by molar-refractivity contribution is -0.134. The number of carbonyl (C=O) groups is 1. The van der Waals surface area contributed by atoms with Gasteiger partial charge in [0.05, 0.1) is 0 Å². The number of nitrogens with one attached hydrogen (secondary N) is 1. The predicted octanol–water partition coefficient (Wildman–Crippen LogP) is 1.09. The maximum absolute atomic E-state index is 12.3. The number of pyridine rings is 1. The quantitative estimate of drug-likeness (QED) is 0.843. The number of sulfonamides is 1. The minimum atomic E-state index is -3.29. The van der Waals surface area contributed by atoms with Gasteiger partial charge in [0.25, 0.3) is 0 Å². The van der Waals surface area contributed by atoms with Crippen molar-refractivity contribution in [3.63, 3.8) is 0 Å². The molecule has 1 saturated heterocycles. The number of rotatable bonds is 6. The van der Waals surface area contributed by atoms with E-state index >= 15 is 0 Å². The van der Waals surface area contributed by atoms with E-state index in [4.69, 9.17) is 0 Å². The van der Waals surface area contributed by atoms with E-state index in [9.17, 15) is 13.2 Å². The van der Waals surface area contributed by atoms with Gasteiger partial charge in [0.1, 0.15) is 5.25 Å². The smallest absolute Gasteiger partial charge is 0.222 e. The highest BCUT2D eigenvalue weighted by Gasteiger charge is 2.40. The third-order valence-electron chi connectivity index (χ3n) is 4.70. The molecule has 2 aliphatic rings. The number of hydrogen-bond donors (Lipinski definition) is 1. The monoisotopic (exact) mass is 337 g/mol. The Morgan fingerprint density at radius 2 is 1.87 bits per heavy atom. The summed E-state index contributed by atoms with van der Waals surface area (Å²) < 4.78 is 27.3. The Kier molecular flexibility index (Phi) is 4.96. The first-order valence-electron chi connectivity index (χ1n) is 8.22. The number of amides is 1. The van der Waals surface area contributed by atoms with Gasteiger partial charge in [0, 0.05) is 37.9 Å². The molecule has 0 aromatic carbocycles. The van der Waals surface area contributed by atoms with Crippen molar-refractivity contribution in [2.45, 2.75) is 49.8 Å². The Balaban J connectivity index is 1.43. The molecule has 0 unspecified atom stereocenters. The van der Waals surface area contributed by atoms with E-state index in [0.717, 1.165) is 31.2 Å². The van der Waals surface area contributed by atoms with Crippen LogP contribution in [0.3, 0.4) is 0 Å². The summed E-state index contributed by atoms with van der Waals surface area (Å²) in [5.41, 5.74) is 1.07. The second kappa shape index (κ2) is 6.97. The summed E-state index contributed by atoms with van der Waals surface area (Å²) in [6.45, 7) is 0.633. The van der Waals surface area contributed by atoms with E-state index in [1.54, 1.807) is 17.3 Å². The number of aromatic nitrogens is 1. The third kappa shape index (κ3) is 4.09. The van der Waals surface area contributed by atoms with Crippen LogP contribution in [0.2, 0.25) is 0 Å². The van der Waals surface area contributed by atoms with Crippen molar-refractivity contribution in [1.82, 2.24) is 14.6 Å². The van der Waals surface area contributed by atoms with Gasteiger partial charge in [-0.25, -0.2) is 13.1 Å². The van der Waals surface area contributed by atoms with Crippen LogP contribution < -0.4 is 4.72 Å². The topological polar surface area (TPSA) is 79.4 Å². The number of likely N-dealkylation sites (tertiary alicyclic amines) is 1. The molecule has 1 aromatic heterocycles. The Hall–Kier alpha value is -1.47. The average Bonchev–Trinajstić information content (AvgIpc) is 2.96. The summed E-state index contributed by atoms with van der Waals surface area (Å²) in [5, 5.41) is -0.451. The first-order chi connectivity index (χ1) is 11.0. The van der Waals surface area contributed by atoms with Gasteiger partial charge in [0.15, 0.2) is 0 Å². The summed E-state index contributed by atoms with van der Waals surface area (Å²) in [6.07, 6.45) is 8.54. The fraction of sp³-hybridized carbons (Fsp3) is 0.625. The molecule has 2 fully saturated rings. The second-order valence-electron chi connectivity index (χ2n) is 6.42. The van der Waals surface area contributed by atoms with Crippen molar-refractivity contribution in [1.29, 1.82) is 0 Å². The molecule has 126 valence electrons. The fourth-order valence-corrected chi connectivity index (χ4v) is 4.81. The Labute approximate surface area is 137 Å². The summed E-state index contributed by atoms with van der Waals surface area (Å²) >= 11 is 0. The maximum Gasteiger partial charge on any atom is 0.222 e. The van der Waals surface area contributed by atoms with Gasteiger partial charge in [-0.15, -0.1) is 0 Å². The second-order valence-corrected chi connectivity index (χ2v) is 8.41. The van der Waals surface area contributed by atoms with Gasteiger partial charge in [-0.05, 0) is 37.0 Å². The molecular weight excluding hydrogens is 314 g/mol. The van der Waals surface area contributed by atoms with Crippen LogP contribution in [0.4, 0.5) is 0 Å². The molecule has 0 spiro atoms. The van der Waals surface area contributed by atoms with Gasteiger partial charge < -0.3 is 4.90 Å². The van der Waals surface area contributed by atoms with Gasteiger partial charge in [0.2, 0.25) is 15.9 Å². The standard InChI is InChI=1S/C16H23N3O3S/c20-16(6-5-13-7-9-17-10-8-13)19-11-15(12-19)23(21,22)18-14-3-1-2-4-14/h7-10,14-15,18H,1-6,11-12H2. The fourth-order valence-electron chi connectivity index (χ4n) is 3.17. The van der Waals surface area contributed by atoms with Gasteiger partial charge in [-0.3, -0.25) is 9.78 Å². The molecule has 1 saturated carbocycles. The molecule has 1 aromatic rings. The van der Waals surface area contributed by atoms with Crippen LogP contribution in [0.5, 0.6) is 0 Å². The molecule has 0 bridgehead atoms. The Morgan fingerprint density at radius 1 is 1.22 bits per heavy atom. The molecule has 3 rings (SSSR count). The number of hydrogen-bond acceptors (Lipinski definition) is 4. The zero-order valence-corrected chi connectivity index (χ0v) is 14.0. The maximum atomic E-state index is 12.3. The molecule has 1 aliphatic heterocycles. The van der Waals surface area contributed by atoms with Crippen LogP contribution in [0, 0.1) is 0 Å². The summed E-state index contributed by atoms with van der Waals surface area (Å²) in [6, 6.07) is 3.88. The minimum Gasteiger partial charge on any atom is -0.340 e. The van der Waals surface area contributed by atoms with Crippen molar-refractivity contribution < 1.29 is 13.2 Å². The van der Waals surface area contributed by atoms with E-state index in [0.29, 0.717) is 25.9 Å². The SMILES string of the molecule is O=C(CCc1ccncc1)N1CC(S(=O)(=O)NC2CCCC2)C1. The van der Waals surface area contributed by atoms with Crippen LogP contribution >= 0.6 is 0 Å².